The highest BCUT2D eigenvalue weighted by Gasteiger charge is 2.19. The van der Waals surface area contributed by atoms with E-state index in [1.807, 2.05) is 47.4 Å². The Bertz CT molecular complexity index is 1110. The van der Waals surface area contributed by atoms with Gasteiger partial charge in [-0.3, -0.25) is 4.79 Å². The smallest absolute Gasteiger partial charge is 0.253 e. The first-order chi connectivity index (χ1) is 12.3. The summed E-state index contributed by atoms with van der Waals surface area (Å²) >= 11 is 0. The van der Waals surface area contributed by atoms with Gasteiger partial charge in [0.25, 0.3) is 5.91 Å². The third kappa shape index (κ3) is 2.35. The fraction of sp³-hybridized carbons (Fsp3) is 0.250. The standard InChI is InChI=1S/C20H18N4O/c25-20(24-10-4-1-5-11-24)13-8-9-16-17(12-13)21-18-14-6-2-3-7-15(14)22-19(18)23-16/h2-3,6-9,12H,1,4-5,10-11H2,(H,22,23). The molecule has 0 bridgehead atoms. The lowest BCUT2D eigenvalue weighted by Gasteiger charge is -2.26. The average Bonchev–Trinajstić information content (AvgIpc) is 3.03. The van der Waals surface area contributed by atoms with Crippen molar-refractivity contribution in [3.05, 3.63) is 48.0 Å². The van der Waals surface area contributed by atoms with Gasteiger partial charge in [0.2, 0.25) is 0 Å². The molecule has 2 aromatic heterocycles. The fourth-order valence-electron chi connectivity index (χ4n) is 3.67. The Morgan fingerprint density at radius 3 is 2.68 bits per heavy atom. The first kappa shape index (κ1) is 14.4. The van der Waals surface area contributed by atoms with Crippen LogP contribution in [0, 0.1) is 0 Å². The van der Waals surface area contributed by atoms with Crippen LogP contribution >= 0.6 is 0 Å². The van der Waals surface area contributed by atoms with Crippen LogP contribution in [0.5, 0.6) is 0 Å². The van der Waals surface area contributed by atoms with E-state index < -0.39 is 0 Å². The summed E-state index contributed by atoms with van der Waals surface area (Å²) < 4.78 is 0. The SMILES string of the molecule is O=C(c1ccc2nc3[nH]c4ccccc4c3nc2c1)N1CCCCC1. The molecule has 0 atom stereocenters. The zero-order valence-corrected chi connectivity index (χ0v) is 13.8. The molecule has 1 N–H and O–H groups in total. The number of hydrogen-bond acceptors (Lipinski definition) is 3. The minimum atomic E-state index is 0.0995. The Morgan fingerprint density at radius 2 is 1.80 bits per heavy atom. The number of benzene rings is 2. The van der Waals surface area contributed by atoms with Crippen molar-refractivity contribution in [2.75, 3.05) is 13.1 Å². The van der Waals surface area contributed by atoms with E-state index in [0.717, 1.165) is 59.0 Å². The molecule has 0 saturated carbocycles. The van der Waals surface area contributed by atoms with E-state index in [0.29, 0.717) is 5.56 Å². The molecule has 5 heteroatoms. The van der Waals surface area contributed by atoms with Gasteiger partial charge in [-0.1, -0.05) is 18.2 Å². The molecule has 5 rings (SSSR count). The molecular formula is C20H18N4O. The van der Waals surface area contributed by atoms with Gasteiger partial charge in [0.1, 0.15) is 5.52 Å². The van der Waals surface area contributed by atoms with Gasteiger partial charge in [0.15, 0.2) is 5.65 Å². The first-order valence-corrected chi connectivity index (χ1v) is 8.77. The zero-order chi connectivity index (χ0) is 16.8. The molecule has 0 radical (unpaired) electrons. The highest BCUT2D eigenvalue weighted by molar-refractivity contribution is 6.06. The summed E-state index contributed by atoms with van der Waals surface area (Å²) in [6.07, 6.45) is 3.40. The molecule has 1 aliphatic rings. The molecule has 124 valence electrons. The molecule has 1 saturated heterocycles. The van der Waals surface area contributed by atoms with Crippen LogP contribution in [0.15, 0.2) is 42.5 Å². The number of amides is 1. The van der Waals surface area contributed by atoms with Crippen LogP contribution in [0.25, 0.3) is 33.1 Å². The highest BCUT2D eigenvalue weighted by Crippen LogP contribution is 2.25. The lowest BCUT2D eigenvalue weighted by atomic mass is 10.1. The predicted octanol–water partition coefficient (Wildman–Crippen LogP) is 3.89. The van der Waals surface area contributed by atoms with E-state index in [2.05, 4.69) is 9.97 Å². The van der Waals surface area contributed by atoms with Crippen LogP contribution in [-0.2, 0) is 0 Å². The molecule has 1 aliphatic heterocycles. The number of piperidine rings is 1. The third-order valence-corrected chi connectivity index (χ3v) is 4.99. The molecule has 1 amide bonds. The number of nitrogens with zero attached hydrogens (tertiary/aromatic N) is 3. The number of carbonyl (C=O) groups excluding carboxylic acids is 1. The summed E-state index contributed by atoms with van der Waals surface area (Å²) in [4.78, 5) is 27.5. The van der Waals surface area contributed by atoms with Crippen molar-refractivity contribution in [1.82, 2.24) is 19.9 Å². The Hall–Kier alpha value is -2.95. The van der Waals surface area contributed by atoms with Crippen molar-refractivity contribution in [1.29, 1.82) is 0 Å². The lowest BCUT2D eigenvalue weighted by molar-refractivity contribution is 0.0724. The summed E-state index contributed by atoms with van der Waals surface area (Å²) in [5, 5.41) is 1.06. The maximum absolute atomic E-state index is 12.7. The number of rotatable bonds is 1. The molecule has 0 spiro atoms. The Morgan fingerprint density at radius 1 is 0.960 bits per heavy atom. The average molecular weight is 330 g/mol. The second-order valence-electron chi connectivity index (χ2n) is 6.65. The number of carbonyl (C=O) groups is 1. The Balaban J connectivity index is 1.64. The molecule has 0 unspecified atom stereocenters. The second-order valence-corrected chi connectivity index (χ2v) is 6.65. The fourth-order valence-corrected chi connectivity index (χ4v) is 3.67. The summed E-state index contributed by atoms with van der Waals surface area (Å²) in [7, 11) is 0. The molecule has 2 aromatic carbocycles. The summed E-state index contributed by atoms with van der Waals surface area (Å²) in [5.41, 5.74) is 4.92. The number of hydrogen-bond donors (Lipinski definition) is 1. The number of para-hydroxylation sites is 1. The largest absolute Gasteiger partial charge is 0.339 e. The Labute approximate surface area is 144 Å². The van der Waals surface area contributed by atoms with Gasteiger partial charge >= 0.3 is 0 Å². The van der Waals surface area contributed by atoms with Crippen molar-refractivity contribution in [2.45, 2.75) is 19.3 Å². The summed E-state index contributed by atoms with van der Waals surface area (Å²) in [6.45, 7) is 1.70. The molecule has 4 aromatic rings. The van der Waals surface area contributed by atoms with E-state index >= 15 is 0 Å². The number of likely N-dealkylation sites (tertiary alicyclic amines) is 1. The van der Waals surface area contributed by atoms with E-state index in [-0.39, 0.29) is 5.91 Å². The molecule has 5 nitrogen and oxygen atoms in total. The third-order valence-electron chi connectivity index (χ3n) is 4.99. The number of nitrogens with one attached hydrogen (secondary N) is 1. The minimum absolute atomic E-state index is 0.0995. The van der Waals surface area contributed by atoms with Gasteiger partial charge in [0.05, 0.1) is 11.0 Å². The van der Waals surface area contributed by atoms with Gasteiger partial charge in [-0.25, -0.2) is 9.97 Å². The van der Waals surface area contributed by atoms with Crippen molar-refractivity contribution < 1.29 is 4.79 Å². The van der Waals surface area contributed by atoms with E-state index in [4.69, 9.17) is 4.98 Å². The maximum Gasteiger partial charge on any atom is 0.253 e. The van der Waals surface area contributed by atoms with E-state index in [9.17, 15) is 4.79 Å². The molecule has 0 aliphatic carbocycles. The summed E-state index contributed by atoms with van der Waals surface area (Å²) in [6, 6.07) is 13.7. The monoisotopic (exact) mass is 330 g/mol. The lowest BCUT2D eigenvalue weighted by Crippen LogP contribution is -2.35. The van der Waals surface area contributed by atoms with E-state index in [1.54, 1.807) is 0 Å². The van der Waals surface area contributed by atoms with Gasteiger partial charge in [0, 0.05) is 29.6 Å². The van der Waals surface area contributed by atoms with Gasteiger partial charge in [-0.15, -0.1) is 0 Å². The minimum Gasteiger partial charge on any atom is -0.339 e. The number of aromatic nitrogens is 3. The second kappa shape index (κ2) is 5.55. The molecule has 3 heterocycles. The predicted molar refractivity (Wildman–Crippen MR) is 98.7 cm³/mol. The van der Waals surface area contributed by atoms with Crippen LogP contribution in [0.1, 0.15) is 29.6 Å². The normalized spacial score (nSPS) is 15.3. The van der Waals surface area contributed by atoms with Gasteiger partial charge in [-0.2, -0.15) is 0 Å². The zero-order valence-electron chi connectivity index (χ0n) is 13.8. The van der Waals surface area contributed by atoms with Crippen LogP contribution in [-0.4, -0.2) is 38.8 Å². The maximum atomic E-state index is 12.7. The van der Waals surface area contributed by atoms with Gasteiger partial charge in [-0.05, 0) is 43.5 Å². The number of aromatic amines is 1. The number of H-pyrrole nitrogens is 1. The van der Waals surface area contributed by atoms with Gasteiger partial charge < -0.3 is 9.88 Å². The number of fused-ring (bicyclic) bond motifs is 4. The van der Waals surface area contributed by atoms with Crippen molar-refractivity contribution in [3.63, 3.8) is 0 Å². The van der Waals surface area contributed by atoms with Crippen LogP contribution in [0.2, 0.25) is 0 Å². The van der Waals surface area contributed by atoms with Crippen molar-refractivity contribution in [2.24, 2.45) is 0 Å². The quantitative estimate of drug-likeness (QED) is 0.576. The topological polar surface area (TPSA) is 61.9 Å². The van der Waals surface area contributed by atoms with Crippen LogP contribution < -0.4 is 0 Å². The summed E-state index contributed by atoms with van der Waals surface area (Å²) in [5.74, 6) is 0.0995. The van der Waals surface area contributed by atoms with Crippen LogP contribution in [0.4, 0.5) is 0 Å². The Kier molecular flexibility index (Phi) is 3.20. The molecule has 25 heavy (non-hydrogen) atoms. The first-order valence-electron chi connectivity index (χ1n) is 8.77. The molecule has 1 fully saturated rings. The highest BCUT2D eigenvalue weighted by atomic mass is 16.2. The van der Waals surface area contributed by atoms with E-state index in [1.165, 1.54) is 6.42 Å². The van der Waals surface area contributed by atoms with Crippen molar-refractivity contribution in [3.8, 4) is 0 Å². The molecular weight excluding hydrogens is 312 g/mol. The van der Waals surface area contributed by atoms with Crippen LogP contribution in [0.3, 0.4) is 0 Å². The van der Waals surface area contributed by atoms with Crippen molar-refractivity contribution >= 4 is 39.0 Å².